The van der Waals surface area contributed by atoms with Crippen LogP contribution in [0.5, 0.6) is 0 Å². The monoisotopic (exact) mass is 446 g/mol. The van der Waals surface area contributed by atoms with Crippen LogP contribution in [0.1, 0.15) is 6.42 Å². The van der Waals surface area contributed by atoms with Gasteiger partial charge in [-0.2, -0.15) is 0 Å². The number of rotatable bonds is 5. The molecule has 1 N–H and O–H groups in total. The van der Waals surface area contributed by atoms with Crippen LogP contribution in [0.4, 0.5) is 9.52 Å². The van der Waals surface area contributed by atoms with Gasteiger partial charge in [0, 0.05) is 36.6 Å². The molecule has 1 saturated heterocycles. The zero-order valence-electron chi connectivity index (χ0n) is 17.0. The van der Waals surface area contributed by atoms with Gasteiger partial charge in [0.1, 0.15) is 12.1 Å². The first-order chi connectivity index (χ1) is 15.6. The lowest BCUT2D eigenvalue weighted by Crippen LogP contribution is -2.22. The van der Waals surface area contributed by atoms with E-state index in [1.807, 2.05) is 29.2 Å². The molecule has 0 amide bonds. The molecule has 5 rings (SSSR count). The van der Waals surface area contributed by atoms with Crippen molar-refractivity contribution in [1.82, 2.24) is 15.0 Å². The third kappa shape index (κ3) is 3.97. The first-order valence-corrected chi connectivity index (χ1v) is 11.0. The van der Waals surface area contributed by atoms with E-state index in [1.165, 1.54) is 29.8 Å². The third-order valence-electron chi connectivity index (χ3n) is 5.58. The van der Waals surface area contributed by atoms with Crippen molar-refractivity contribution in [3.63, 3.8) is 0 Å². The highest BCUT2D eigenvalue weighted by molar-refractivity contribution is 7.19. The number of aliphatic carboxylic acids is 1. The van der Waals surface area contributed by atoms with Crippen molar-refractivity contribution in [3.05, 3.63) is 73.1 Å². The molecule has 1 fully saturated rings. The fourth-order valence-corrected chi connectivity index (χ4v) is 4.95. The Morgan fingerprint density at radius 2 is 1.59 bits per heavy atom. The second-order valence-corrected chi connectivity index (χ2v) is 8.63. The van der Waals surface area contributed by atoms with E-state index in [2.05, 4.69) is 9.97 Å². The molecule has 1 aliphatic rings. The summed E-state index contributed by atoms with van der Waals surface area (Å²) < 4.78 is 13.2. The largest absolute Gasteiger partial charge is 0.481 e. The number of carbonyl (C=O) groups is 1. The molecule has 0 radical (unpaired) electrons. The summed E-state index contributed by atoms with van der Waals surface area (Å²) in [4.78, 5) is 27.5. The number of nitrogens with zero attached hydrogens (tertiary/aromatic N) is 4. The third-order valence-corrected chi connectivity index (χ3v) is 6.75. The van der Waals surface area contributed by atoms with Crippen LogP contribution in [0, 0.1) is 11.7 Å². The number of aromatic nitrogens is 3. The molecule has 1 atom stereocenters. The molecule has 2 aromatic carbocycles. The molecule has 4 aromatic rings. The van der Waals surface area contributed by atoms with Crippen LogP contribution in [-0.4, -0.2) is 39.1 Å². The summed E-state index contributed by atoms with van der Waals surface area (Å²) in [6.07, 6.45) is 5.61. The van der Waals surface area contributed by atoms with Crippen LogP contribution < -0.4 is 4.90 Å². The lowest BCUT2D eigenvalue weighted by Gasteiger charge is -2.13. The van der Waals surface area contributed by atoms with Crippen molar-refractivity contribution < 1.29 is 14.3 Å². The molecule has 6 nitrogen and oxygen atoms in total. The second kappa shape index (κ2) is 8.47. The van der Waals surface area contributed by atoms with Crippen molar-refractivity contribution in [2.45, 2.75) is 6.42 Å². The summed E-state index contributed by atoms with van der Waals surface area (Å²) >= 11 is 1.52. The van der Waals surface area contributed by atoms with Gasteiger partial charge < -0.3 is 10.0 Å². The van der Waals surface area contributed by atoms with Gasteiger partial charge in [0.15, 0.2) is 5.13 Å². The van der Waals surface area contributed by atoms with Gasteiger partial charge in [-0.1, -0.05) is 47.7 Å². The number of benzene rings is 2. The van der Waals surface area contributed by atoms with Crippen molar-refractivity contribution in [3.8, 4) is 32.8 Å². The molecular formula is C24H19FN4O2S. The first kappa shape index (κ1) is 20.3. The summed E-state index contributed by atoms with van der Waals surface area (Å²) in [5.74, 6) is -1.40. The molecule has 3 heterocycles. The van der Waals surface area contributed by atoms with Crippen LogP contribution >= 0.6 is 11.3 Å². The molecule has 2 aromatic heterocycles. The van der Waals surface area contributed by atoms with Crippen LogP contribution in [0.2, 0.25) is 0 Å². The van der Waals surface area contributed by atoms with Crippen molar-refractivity contribution in [2.75, 3.05) is 18.0 Å². The van der Waals surface area contributed by atoms with Crippen LogP contribution in [0.3, 0.4) is 0 Å². The first-order valence-electron chi connectivity index (χ1n) is 10.2. The van der Waals surface area contributed by atoms with Crippen LogP contribution in [0.15, 0.2) is 67.3 Å². The second-order valence-electron chi connectivity index (χ2n) is 7.66. The number of thiazole rings is 1. The molecule has 0 bridgehead atoms. The zero-order chi connectivity index (χ0) is 22.1. The SMILES string of the molecule is O=C(O)C1CCN(c2nc(-c3ccc(-c4ccc(F)cc4)cc3)c(-c3cncnc3)s2)C1. The van der Waals surface area contributed by atoms with E-state index in [4.69, 9.17) is 4.98 Å². The van der Waals surface area contributed by atoms with E-state index >= 15 is 0 Å². The number of hydrogen-bond acceptors (Lipinski definition) is 6. The van der Waals surface area contributed by atoms with Crippen molar-refractivity contribution in [1.29, 1.82) is 0 Å². The van der Waals surface area contributed by atoms with E-state index in [1.54, 1.807) is 24.5 Å². The molecule has 1 aliphatic heterocycles. The Morgan fingerprint density at radius 1 is 0.969 bits per heavy atom. The Balaban J connectivity index is 1.51. The van der Waals surface area contributed by atoms with Gasteiger partial charge in [0.05, 0.1) is 16.5 Å². The predicted octanol–water partition coefficient (Wildman–Crippen LogP) is 4.98. The van der Waals surface area contributed by atoms with E-state index < -0.39 is 5.97 Å². The smallest absolute Gasteiger partial charge is 0.308 e. The summed E-state index contributed by atoms with van der Waals surface area (Å²) in [6, 6.07) is 14.4. The molecular weight excluding hydrogens is 427 g/mol. The quantitative estimate of drug-likeness (QED) is 0.466. The fourth-order valence-electron chi connectivity index (χ4n) is 3.85. The van der Waals surface area contributed by atoms with Gasteiger partial charge in [0.2, 0.25) is 0 Å². The molecule has 0 spiro atoms. The average molecular weight is 447 g/mol. The van der Waals surface area contributed by atoms with Crippen molar-refractivity contribution in [2.24, 2.45) is 5.92 Å². The molecule has 1 unspecified atom stereocenters. The fraction of sp³-hybridized carbons (Fsp3) is 0.167. The van der Waals surface area contributed by atoms with Gasteiger partial charge in [-0.25, -0.2) is 19.3 Å². The summed E-state index contributed by atoms with van der Waals surface area (Å²) in [5, 5.41) is 10.1. The Labute approximate surface area is 188 Å². The molecule has 160 valence electrons. The summed E-state index contributed by atoms with van der Waals surface area (Å²) in [5.41, 5.74) is 4.53. The molecule has 0 aliphatic carbocycles. The van der Waals surface area contributed by atoms with Crippen LogP contribution in [-0.2, 0) is 4.79 Å². The Morgan fingerprint density at radius 3 is 2.22 bits per heavy atom. The lowest BCUT2D eigenvalue weighted by molar-refractivity contribution is -0.140. The molecule has 8 heteroatoms. The minimum Gasteiger partial charge on any atom is -0.481 e. The Hall–Kier alpha value is -3.65. The van der Waals surface area contributed by atoms with Gasteiger partial charge >= 0.3 is 5.97 Å². The standard InChI is InChI=1S/C24H19FN4O2S/c25-20-7-5-16(6-8-20)15-1-3-17(4-2-15)21-22(19-11-26-14-27-12-19)32-24(28-21)29-10-9-18(13-29)23(30)31/h1-8,11-12,14,18H,9-10,13H2,(H,30,31). The summed E-state index contributed by atoms with van der Waals surface area (Å²) in [6.45, 7) is 1.12. The highest BCUT2D eigenvalue weighted by Crippen LogP contribution is 2.41. The van der Waals surface area contributed by atoms with Gasteiger partial charge in [0.25, 0.3) is 0 Å². The topological polar surface area (TPSA) is 79.2 Å². The van der Waals surface area contributed by atoms with E-state index in [0.717, 1.165) is 38.0 Å². The lowest BCUT2D eigenvalue weighted by atomic mass is 10.0. The number of carboxylic acid groups (broad SMARTS) is 1. The maximum Gasteiger partial charge on any atom is 0.308 e. The predicted molar refractivity (Wildman–Crippen MR) is 122 cm³/mol. The Bertz CT molecular complexity index is 1240. The zero-order valence-corrected chi connectivity index (χ0v) is 17.8. The molecule has 0 saturated carbocycles. The normalized spacial score (nSPS) is 15.8. The van der Waals surface area contributed by atoms with E-state index in [9.17, 15) is 14.3 Å². The van der Waals surface area contributed by atoms with Gasteiger partial charge in [-0.15, -0.1) is 0 Å². The summed E-state index contributed by atoms with van der Waals surface area (Å²) in [7, 11) is 0. The van der Waals surface area contributed by atoms with E-state index in [-0.39, 0.29) is 11.7 Å². The Kier molecular flexibility index (Phi) is 5.36. The van der Waals surface area contributed by atoms with Crippen molar-refractivity contribution >= 4 is 22.4 Å². The highest BCUT2D eigenvalue weighted by atomic mass is 32.1. The number of anilines is 1. The van der Waals surface area contributed by atoms with Gasteiger partial charge in [-0.3, -0.25) is 4.79 Å². The van der Waals surface area contributed by atoms with Gasteiger partial charge in [-0.05, 0) is 29.7 Å². The maximum absolute atomic E-state index is 13.2. The van der Waals surface area contributed by atoms with Crippen LogP contribution in [0.25, 0.3) is 32.8 Å². The maximum atomic E-state index is 13.2. The number of halogens is 1. The molecule has 32 heavy (non-hydrogen) atoms. The number of hydrogen-bond donors (Lipinski definition) is 1. The van der Waals surface area contributed by atoms with E-state index in [0.29, 0.717) is 19.5 Å². The average Bonchev–Trinajstić information content (AvgIpc) is 3.48. The highest BCUT2D eigenvalue weighted by Gasteiger charge is 2.30. The minimum atomic E-state index is -0.766. The number of carboxylic acids is 1. The minimum absolute atomic E-state index is 0.262.